The van der Waals surface area contributed by atoms with E-state index in [9.17, 15) is 0 Å². The summed E-state index contributed by atoms with van der Waals surface area (Å²) in [4.78, 5) is 0. The summed E-state index contributed by atoms with van der Waals surface area (Å²) in [5.41, 5.74) is 0. The maximum Gasteiger partial charge on any atom is 0.187 e. The largest absolute Gasteiger partial charge is 0.380 e. The zero-order valence-electron chi connectivity index (χ0n) is 6.19. The summed E-state index contributed by atoms with van der Waals surface area (Å²) in [6, 6.07) is 0. The van der Waals surface area contributed by atoms with Crippen LogP contribution in [-0.4, -0.2) is 28.0 Å². The summed E-state index contributed by atoms with van der Waals surface area (Å²) in [5.74, 6) is 1.40. The number of rotatable bonds is 1. The number of hydrogen-bond donors (Lipinski definition) is 1. The first-order valence-electron chi connectivity index (χ1n) is 3.45. The first-order chi connectivity index (χ1) is 5.29. The minimum Gasteiger partial charge on any atom is -0.380 e. The third kappa shape index (κ3) is 1.04. The summed E-state index contributed by atoms with van der Waals surface area (Å²) in [6.07, 6.45) is 0. The topological polar surface area (TPSA) is 39.9 Å². The van der Waals surface area contributed by atoms with E-state index in [1.807, 2.05) is 11.6 Å². The Morgan fingerprint density at radius 3 is 2.64 bits per heavy atom. The monoisotopic (exact) mass is 171 g/mol. The molecule has 1 aliphatic rings. The van der Waals surface area contributed by atoms with Crippen LogP contribution in [0.2, 0.25) is 0 Å². The fraction of sp³-hybridized carbons (Fsp3) is 0.667. The number of thiol groups is 1. The van der Waals surface area contributed by atoms with E-state index < -0.39 is 0 Å². The van der Waals surface area contributed by atoms with Crippen molar-refractivity contribution in [3.05, 3.63) is 5.82 Å². The molecule has 0 N–H and O–H groups in total. The minimum absolute atomic E-state index is 0.424. The van der Waals surface area contributed by atoms with Gasteiger partial charge >= 0.3 is 0 Å². The molecule has 0 atom stereocenters. The van der Waals surface area contributed by atoms with Gasteiger partial charge in [-0.05, 0) is 0 Å². The first kappa shape index (κ1) is 7.12. The molecule has 5 heteroatoms. The normalized spacial score (nSPS) is 18.4. The van der Waals surface area contributed by atoms with Crippen LogP contribution in [0, 0.1) is 0 Å². The number of aromatic nitrogens is 3. The molecule has 60 valence electrons. The quantitative estimate of drug-likeness (QED) is 0.614. The van der Waals surface area contributed by atoms with E-state index in [1.165, 1.54) is 0 Å². The lowest BCUT2D eigenvalue weighted by Gasteiger charge is -2.24. The Balaban J connectivity index is 2.29. The molecule has 0 spiro atoms. The lowest BCUT2D eigenvalue weighted by Crippen LogP contribution is -2.27. The Morgan fingerprint density at radius 2 is 2.27 bits per heavy atom. The van der Waals surface area contributed by atoms with Gasteiger partial charge in [-0.25, -0.2) is 0 Å². The molecule has 1 saturated heterocycles. The molecule has 1 aromatic rings. The van der Waals surface area contributed by atoms with Gasteiger partial charge in [-0.3, -0.25) is 0 Å². The molecule has 0 saturated carbocycles. The fourth-order valence-corrected chi connectivity index (χ4v) is 1.22. The second-order valence-corrected chi connectivity index (χ2v) is 3.05. The molecule has 2 heterocycles. The fourth-order valence-electron chi connectivity index (χ4n) is 1.07. The summed E-state index contributed by atoms with van der Waals surface area (Å²) in [7, 11) is 1.91. The third-order valence-corrected chi connectivity index (χ3v) is 2.28. The first-order valence-corrected chi connectivity index (χ1v) is 3.89. The van der Waals surface area contributed by atoms with E-state index in [-0.39, 0.29) is 0 Å². The van der Waals surface area contributed by atoms with Gasteiger partial charge in [0.25, 0.3) is 0 Å². The van der Waals surface area contributed by atoms with E-state index in [2.05, 4.69) is 22.8 Å². The smallest absolute Gasteiger partial charge is 0.187 e. The average Bonchev–Trinajstić information content (AvgIpc) is 2.15. The van der Waals surface area contributed by atoms with Crippen LogP contribution in [0.5, 0.6) is 0 Å². The molecular weight excluding hydrogens is 162 g/mol. The average molecular weight is 171 g/mol. The van der Waals surface area contributed by atoms with Crippen molar-refractivity contribution >= 4 is 12.6 Å². The zero-order chi connectivity index (χ0) is 7.84. The van der Waals surface area contributed by atoms with Gasteiger partial charge in [-0.15, -0.1) is 22.8 Å². The molecule has 1 aliphatic heterocycles. The highest BCUT2D eigenvalue weighted by Gasteiger charge is 2.25. The van der Waals surface area contributed by atoms with E-state index >= 15 is 0 Å². The van der Waals surface area contributed by atoms with Crippen LogP contribution >= 0.6 is 12.6 Å². The highest BCUT2D eigenvalue weighted by molar-refractivity contribution is 7.80. The van der Waals surface area contributed by atoms with E-state index in [1.54, 1.807) is 0 Å². The van der Waals surface area contributed by atoms with Gasteiger partial charge in [0, 0.05) is 7.05 Å². The molecule has 0 radical (unpaired) electrons. The van der Waals surface area contributed by atoms with Gasteiger partial charge in [0.1, 0.15) is 5.82 Å². The second kappa shape index (κ2) is 2.49. The molecule has 0 amide bonds. The Kier molecular flexibility index (Phi) is 1.61. The van der Waals surface area contributed by atoms with Crippen molar-refractivity contribution in [1.82, 2.24) is 14.8 Å². The summed E-state index contributed by atoms with van der Waals surface area (Å²) in [5, 5.41) is 8.49. The van der Waals surface area contributed by atoms with Gasteiger partial charge in [0.15, 0.2) is 5.16 Å². The van der Waals surface area contributed by atoms with Crippen LogP contribution in [-0.2, 0) is 11.8 Å². The minimum atomic E-state index is 0.424. The predicted molar refractivity (Wildman–Crippen MR) is 41.8 cm³/mol. The van der Waals surface area contributed by atoms with Crippen molar-refractivity contribution in [2.24, 2.45) is 7.05 Å². The van der Waals surface area contributed by atoms with Crippen LogP contribution in [0.3, 0.4) is 0 Å². The Labute approximate surface area is 70.0 Å². The van der Waals surface area contributed by atoms with Crippen molar-refractivity contribution in [3.63, 3.8) is 0 Å². The van der Waals surface area contributed by atoms with Crippen molar-refractivity contribution in [1.29, 1.82) is 0 Å². The van der Waals surface area contributed by atoms with Gasteiger partial charge in [0.05, 0.1) is 19.1 Å². The van der Waals surface area contributed by atoms with Gasteiger partial charge in [0.2, 0.25) is 0 Å². The second-order valence-electron chi connectivity index (χ2n) is 2.65. The number of hydrogen-bond acceptors (Lipinski definition) is 4. The van der Waals surface area contributed by atoms with Gasteiger partial charge in [-0.2, -0.15) is 0 Å². The number of nitrogens with zero attached hydrogens (tertiary/aromatic N) is 3. The standard InChI is InChI=1S/C6H9N3OS/c1-9-5(4-2-10-3-4)7-8-6(9)11/h4H,2-3H2,1H3,(H,8,11). The molecular formula is C6H9N3OS. The lowest BCUT2D eigenvalue weighted by molar-refractivity contribution is 0.00349. The SMILES string of the molecule is Cn1c(S)nnc1C1COC1. The Hall–Kier alpha value is -0.550. The number of ether oxygens (including phenoxy) is 1. The van der Waals surface area contributed by atoms with Crippen molar-refractivity contribution in [2.75, 3.05) is 13.2 Å². The summed E-state index contributed by atoms with van der Waals surface area (Å²) >= 11 is 4.12. The molecule has 4 nitrogen and oxygen atoms in total. The highest BCUT2D eigenvalue weighted by Crippen LogP contribution is 2.22. The van der Waals surface area contributed by atoms with Gasteiger partial charge < -0.3 is 9.30 Å². The van der Waals surface area contributed by atoms with Crippen LogP contribution < -0.4 is 0 Å². The zero-order valence-corrected chi connectivity index (χ0v) is 7.08. The molecule has 1 aromatic heterocycles. The molecule has 0 aromatic carbocycles. The Bertz CT molecular complexity index is 269. The van der Waals surface area contributed by atoms with Crippen LogP contribution in [0.1, 0.15) is 11.7 Å². The molecule has 0 bridgehead atoms. The predicted octanol–water partition coefficient (Wildman–Crippen LogP) is 0.218. The Morgan fingerprint density at radius 1 is 1.55 bits per heavy atom. The van der Waals surface area contributed by atoms with Crippen LogP contribution in [0.4, 0.5) is 0 Å². The third-order valence-electron chi connectivity index (χ3n) is 1.89. The molecule has 2 rings (SSSR count). The maximum absolute atomic E-state index is 5.05. The highest BCUT2D eigenvalue weighted by atomic mass is 32.1. The van der Waals surface area contributed by atoms with Crippen molar-refractivity contribution in [3.8, 4) is 0 Å². The maximum atomic E-state index is 5.05. The van der Waals surface area contributed by atoms with Crippen molar-refractivity contribution < 1.29 is 4.74 Å². The summed E-state index contributed by atoms with van der Waals surface area (Å²) < 4.78 is 6.93. The molecule has 1 fully saturated rings. The van der Waals surface area contributed by atoms with E-state index in [0.29, 0.717) is 11.1 Å². The van der Waals surface area contributed by atoms with Crippen molar-refractivity contribution in [2.45, 2.75) is 11.1 Å². The molecule has 11 heavy (non-hydrogen) atoms. The van der Waals surface area contributed by atoms with E-state index in [4.69, 9.17) is 4.74 Å². The molecule has 0 unspecified atom stereocenters. The van der Waals surface area contributed by atoms with Crippen LogP contribution in [0.15, 0.2) is 5.16 Å². The molecule has 0 aliphatic carbocycles. The van der Waals surface area contributed by atoms with Gasteiger partial charge in [-0.1, -0.05) is 0 Å². The summed E-state index contributed by atoms with van der Waals surface area (Å²) in [6.45, 7) is 1.53. The van der Waals surface area contributed by atoms with E-state index in [0.717, 1.165) is 19.0 Å². The lowest BCUT2D eigenvalue weighted by atomic mass is 10.1. The van der Waals surface area contributed by atoms with Crippen LogP contribution in [0.25, 0.3) is 0 Å².